The van der Waals surface area contributed by atoms with Crippen LogP contribution in [-0.4, -0.2) is 23.0 Å². The van der Waals surface area contributed by atoms with E-state index in [4.69, 9.17) is 10.5 Å². The molecule has 44 valence electrons. The summed E-state index contributed by atoms with van der Waals surface area (Å²) in [7, 11) is 0. The lowest BCUT2D eigenvalue weighted by molar-refractivity contribution is -0.129. The fourth-order valence-corrected chi connectivity index (χ4v) is 0.130. The zero-order valence-corrected chi connectivity index (χ0v) is 3.96. The summed E-state index contributed by atoms with van der Waals surface area (Å²) in [6, 6.07) is 0. The van der Waals surface area contributed by atoms with E-state index in [9.17, 15) is 4.79 Å². The first kappa shape index (κ1) is 6.61. The fourth-order valence-electron chi connectivity index (χ4n) is 0.130. The van der Waals surface area contributed by atoms with Gasteiger partial charge in [0.15, 0.2) is 5.71 Å². The van der Waals surface area contributed by atoms with Gasteiger partial charge in [-0.3, -0.25) is 5.41 Å². The van der Waals surface area contributed by atoms with Gasteiger partial charge in [-0.2, -0.15) is 5.10 Å². The average Bonchev–Trinajstić information content (AvgIpc) is 1.67. The van der Waals surface area contributed by atoms with Crippen LogP contribution in [0.4, 0.5) is 0 Å². The van der Waals surface area contributed by atoms with E-state index in [1.54, 1.807) is 0 Å². The monoisotopic (exact) mass is 115 g/mol. The lowest BCUT2D eigenvalue weighted by atomic mass is 10.4. The molecule has 5 heteroatoms. The van der Waals surface area contributed by atoms with Gasteiger partial charge >= 0.3 is 5.97 Å². The highest BCUT2D eigenvalue weighted by Crippen LogP contribution is 1.64. The highest BCUT2D eigenvalue weighted by atomic mass is 16.4. The number of carboxylic acids is 1. The number of nitrogens with two attached hydrogens (primary N) is 1. The molecule has 0 saturated heterocycles. The Bertz CT molecular complexity index is 139. The van der Waals surface area contributed by atoms with E-state index in [0.29, 0.717) is 0 Å². The van der Waals surface area contributed by atoms with Crippen LogP contribution in [0, 0.1) is 5.41 Å². The van der Waals surface area contributed by atoms with Crippen LogP contribution in [-0.2, 0) is 4.79 Å². The molecule has 0 unspecified atom stereocenters. The molecule has 5 nitrogen and oxygen atoms in total. The first-order chi connectivity index (χ1) is 3.68. The number of hydrazone groups is 1. The SMILES string of the molecule is N=C(C=NN)C(=O)O. The van der Waals surface area contributed by atoms with Crippen molar-refractivity contribution in [3.8, 4) is 0 Å². The lowest BCUT2D eigenvalue weighted by Crippen LogP contribution is -2.13. The van der Waals surface area contributed by atoms with Crippen LogP contribution in [0.2, 0.25) is 0 Å². The van der Waals surface area contributed by atoms with Crippen LogP contribution in [0.1, 0.15) is 0 Å². The molecule has 0 saturated carbocycles. The Morgan fingerprint density at radius 3 is 2.50 bits per heavy atom. The number of hydrogen-bond donors (Lipinski definition) is 3. The van der Waals surface area contributed by atoms with Gasteiger partial charge in [-0.25, -0.2) is 4.79 Å². The number of hydrogen-bond acceptors (Lipinski definition) is 4. The molecular weight excluding hydrogens is 110 g/mol. The molecule has 4 N–H and O–H groups in total. The van der Waals surface area contributed by atoms with Crippen molar-refractivity contribution >= 4 is 17.9 Å². The predicted molar refractivity (Wildman–Crippen MR) is 28.0 cm³/mol. The highest BCUT2D eigenvalue weighted by molar-refractivity contribution is 6.57. The molecule has 0 heterocycles. The molecule has 0 aromatic carbocycles. The van der Waals surface area contributed by atoms with Crippen molar-refractivity contribution in [1.82, 2.24) is 0 Å². The van der Waals surface area contributed by atoms with Gasteiger partial charge in [-0.1, -0.05) is 0 Å². The molecule has 0 aliphatic carbocycles. The number of nitrogens with zero attached hydrogens (tertiary/aromatic N) is 1. The number of carboxylic acid groups (broad SMARTS) is 1. The largest absolute Gasteiger partial charge is 0.476 e. The van der Waals surface area contributed by atoms with E-state index in [1.807, 2.05) is 0 Å². The third-order valence-corrected chi connectivity index (χ3v) is 0.434. The second-order valence-electron chi connectivity index (χ2n) is 0.997. The zero-order chi connectivity index (χ0) is 6.57. The smallest absolute Gasteiger partial charge is 0.355 e. The van der Waals surface area contributed by atoms with E-state index < -0.39 is 11.7 Å². The third-order valence-electron chi connectivity index (χ3n) is 0.434. The minimum Gasteiger partial charge on any atom is -0.476 e. The topological polar surface area (TPSA) is 99.5 Å². The first-order valence-electron chi connectivity index (χ1n) is 1.73. The van der Waals surface area contributed by atoms with Gasteiger partial charge in [0.05, 0.1) is 6.21 Å². The quantitative estimate of drug-likeness (QED) is 0.245. The summed E-state index contributed by atoms with van der Waals surface area (Å²) < 4.78 is 0. The maximum absolute atomic E-state index is 9.72. The zero-order valence-electron chi connectivity index (χ0n) is 3.96. The van der Waals surface area contributed by atoms with Crippen molar-refractivity contribution in [2.24, 2.45) is 10.9 Å². The molecule has 0 spiro atoms. The molecule has 0 aliphatic rings. The number of carbonyl (C=O) groups is 1. The standard InChI is InChI=1S/C3H5N3O2/c4-2(1-6-5)3(7)8/h1,4H,5H2,(H,7,8). The molecule has 8 heavy (non-hydrogen) atoms. The minimum atomic E-state index is -1.33. The van der Waals surface area contributed by atoms with Gasteiger partial charge in [0.1, 0.15) is 0 Å². The summed E-state index contributed by atoms with van der Waals surface area (Å²) in [6.45, 7) is 0. The van der Waals surface area contributed by atoms with Crippen molar-refractivity contribution < 1.29 is 9.90 Å². The van der Waals surface area contributed by atoms with E-state index >= 15 is 0 Å². The van der Waals surface area contributed by atoms with Gasteiger partial charge in [-0.15, -0.1) is 0 Å². The second kappa shape index (κ2) is 2.73. The summed E-state index contributed by atoms with van der Waals surface area (Å²) in [5, 5.41) is 17.3. The van der Waals surface area contributed by atoms with Crippen molar-refractivity contribution in [3.05, 3.63) is 0 Å². The van der Waals surface area contributed by atoms with Gasteiger partial charge in [0.2, 0.25) is 0 Å². The Balaban J connectivity index is 3.85. The first-order valence-corrected chi connectivity index (χ1v) is 1.73. The molecular formula is C3H5N3O2. The van der Waals surface area contributed by atoms with Crippen LogP contribution < -0.4 is 5.84 Å². The number of rotatable bonds is 2. The van der Waals surface area contributed by atoms with E-state index in [1.165, 1.54) is 0 Å². The highest BCUT2D eigenvalue weighted by Gasteiger charge is 1.99. The minimum absolute atomic E-state index is 0.618. The Morgan fingerprint density at radius 2 is 2.38 bits per heavy atom. The second-order valence-corrected chi connectivity index (χ2v) is 0.997. The van der Waals surface area contributed by atoms with Gasteiger partial charge < -0.3 is 10.9 Å². The Hall–Kier alpha value is -1.39. The number of nitrogens with one attached hydrogen (secondary N) is 1. The predicted octanol–water partition coefficient (Wildman–Crippen LogP) is -0.965. The summed E-state index contributed by atoms with van der Waals surface area (Å²) in [5.41, 5.74) is -0.618. The van der Waals surface area contributed by atoms with Crippen LogP contribution in [0.15, 0.2) is 5.10 Å². The molecule has 0 radical (unpaired) electrons. The molecule has 0 aromatic heterocycles. The summed E-state index contributed by atoms with van der Waals surface area (Å²) in [4.78, 5) is 9.72. The molecule has 0 amide bonds. The summed E-state index contributed by atoms with van der Waals surface area (Å²) in [6.07, 6.45) is 0.752. The third kappa shape index (κ3) is 1.91. The van der Waals surface area contributed by atoms with Crippen molar-refractivity contribution in [2.45, 2.75) is 0 Å². The van der Waals surface area contributed by atoms with Crippen molar-refractivity contribution in [3.63, 3.8) is 0 Å². The van der Waals surface area contributed by atoms with E-state index in [2.05, 4.69) is 10.9 Å². The van der Waals surface area contributed by atoms with Gasteiger partial charge in [0, 0.05) is 0 Å². The van der Waals surface area contributed by atoms with E-state index in [-0.39, 0.29) is 0 Å². The molecule has 0 aromatic rings. The molecule has 0 aliphatic heterocycles. The normalized spacial score (nSPS) is 9.50. The Labute approximate surface area is 45.3 Å². The molecule has 0 rings (SSSR count). The summed E-state index contributed by atoms with van der Waals surface area (Å²) in [5.74, 6) is 3.20. The van der Waals surface area contributed by atoms with Crippen LogP contribution in [0.5, 0.6) is 0 Å². The number of aliphatic carboxylic acids is 1. The summed E-state index contributed by atoms with van der Waals surface area (Å²) >= 11 is 0. The van der Waals surface area contributed by atoms with Crippen LogP contribution in [0.25, 0.3) is 0 Å². The molecule has 0 fully saturated rings. The Morgan fingerprint density at radius 1 is 1.88 bits per heavy atom. The van der Waals surface area contributed by atoms with Crippen molar-refractivity contribution in [1.29, 1.82) is 5.41 Å². The average molecular weight is 115 g/mol. The van der Waals surface area contributed by atoms with E-state index in [0.717, 1.165) is 6.21 Å². The van der Waals surface area contributed by atoms with Crippen LogP contribution >= 0.6 is 0 Å². The molecule has 0 atom stereocenters. The lowest BCUT2D eigenvalue weighted by Gasteiger charge is -1.81. The maximum Gasteiger partial charge on any atom is 0.355 e. The van der Waals surface area contributed by atoms with Crippen molar-refractivity contribution in [2.75, 3.05) is 0 Å². The van der Waals surface area contributed by atoms with Gasteiger partial charge in [-0.05, 0) is 0 Å². The Kier molecular flexibility index (Phi) is 2.25. The van der Waals surface area contributed by atoms with Crippen LogP contribution in [0.3, 0.4) is 0 Å². The van der Waals surface area contributed by atoms with Gasteiger partial charge in [0.25, 0.3) is 0 Å². The maximum atomic E-state index is 9.72. The molecule has 0 bridgehead atoms. The fraction of sp³-hybridized carbons (Fsp3) is 0.